The van der Waals surface area contributed by atoms with Gasteiger partial charge in [-0.25, -0.2) is 9.59 Å². The predicted octanol–water partition coefficient (Wildman–Crippen LogP) is 4.52. The number of esters is 1. The van der Waals surface area contributed by atoms with Crippen molar-refractivity contribution in [1.82, 2.24) is 0 Å². The average Bonchev–Trinajstić information content (AvgIpc) is 2.65. The Morgan fingerprint density at radius 2 is 1.93 bits per heavy atom. The Balaban J connectivity index is 1.81. The molecule has 3 rings (SSSR count). The lowest BCUT2D eigenvalue weighted by atomic mass is 10.1. The second kappa shape index (κ2) is 8.39. The van der Waals surface area contributed by atoms with E-state index in [1.165, 1.54) is 31.4 Å². The molecular weight excluding hydrogens is 442 g/mol. The van der Waals surface area contributed by atoms with Crippen molar-refractivity contribution in [3.63, 3.8) is 0 Å². The zero-order valence-corrected chi connectivity index (χ0v) is 16.0. The molecule has 0 spiro atoms. The van der Waals surface area contributed by atoms with Gasteiger partial charge < -0.3 is 18.6 Å². The molecule has 0 atom stereocenters. The topological polar surface area (TPSA) is 75.0 Å². The molecule has 0 N–H and O–H groups in total. The smallest absolute Gasteiger partial charge is 0.387 e. The molecule has 0 aliphatic carbocycles. The minimum absolute atomic E-state index is 0.0367. The summed E-state index contributed by atoms with van der Waals surface area (Å²) in [5, 5.41) is 0.619. The first-order chi connectivity index (χ1) is 13.4. The van der Waals surface area contributed by atoms with Crippen LogP contribution in [0.2, 0.25) is 0 Å². The monoisotopic (exact) mass is 454 g/mol. The van der Waals surface area contributed by atoms with E-state index in [0.717, 1.165) is 4.47 Å². The fraction of sp³-hybridized carbons (Fsp3) is 0.158. The van der Waals surface area contributed by atoms with Crippen molar-refractivity contribution < 1.29 is 32.2 Å². The number of carbonyl (C=O) groups is 1. The molecule has 0 amide bonds. The van der Waals surface area contributed by atoms with Crippen LogP contribution in [0.1, 0.15) is 15.9 Å². The third-order valence-electron chi connectivity index (χ3n) is 3.77. The normalized spacial score (nSPS) is 10.9. The first-order valence-corrected chi connectivity index (χ1v) is 8.69. The van der Waals surface area contributed by atoms with E-state index in [1.807, 2.05) is 0 Å². The van der Waals surface area contributed by atoms with E-state index in [2.05, 4.69) is 20.7 Å². The van der Waals surface area contributed by atoms with Crippen LogP contribution in [0.25, 0.3) is 11.0 Å². The highest BCUT2D eigenvalue weighted by Gasteiger charge is 2.16. The highest BCUT2D eigenvalue weighted by atomic mass is 79.9. The highest BCUT2D eigenvalue weighted by Crippen LogP contribution is 2.30. The molecule has 146 valence electrons. The van der Waals surface area contributed by atoms with E-state index in [1.54, 1.807) is 18.2 Å². The predicted molar refractivity (Wildman–Crippen MR) is 98.9 cm³/mol. The van der Waals surface area contributed by atoms with E-state index in [9.17, 15) is 18.4 Å². The Kier molecular flexibility index (Phi) is 5.93. The molecule has 28 heavy (non-hydrogen) atoms. The molecule has 0 unspecified atom stereocenters. The highest BCUT2D eigenvalue weighted by molar-refractivity contribution is 9.10. The molecule has 0 saturated heterocycles. The standard InChI is InChI=1S/C19H13BrF2O6/c1-25-16-6-10(2-5-14(16)28-19(21)22)18(24)26-9-11-7-17(23)27-15-8-12(20)3-4-13(11)15/h2-8,19H,9H2,1H3. The van der Waals surface area contributed by atoms with Gasteiger partial charge in [-0.3, -0.25) is 0 Å². The molecule has 1 aromatic heterocycles. The lowest BCUT2D eigenvalue weighted by Gasteiger charge is -2.11. The lowest BCUT2D eigenvalue weighted by Crippen LogP contribution is -2.09. The Bertz CT molecular complexity index is 1080. The van der Waals surface area contributed by atoms with Crippen LogP contribution in [0.4, 0.5) is 8.78 Å². The molecule has 0 aliphatic rings. The Hall–Kier alpha value is -2.94. The molecule has 0 fully saturated rings. The summed E-state index contributed by atoms with van der Waals surface area (Å²) in [7, 11) is 1.26. The maximum Gasteiger partial charge on any atom is 0.387 e. The fourth-order valence-electron chi connectivity index (χ4n) is 2.54. The van der Waals surface area contributed by atoms with Gasteiger partial charge in [0.1, 0.15) is 12.2 Å². The zero-order chi connectivity index (χ0) is 20.3. The van der Waals surface area contributed by atoms with Gasteiger partial charge in [-0.15, -0.1) is 0 Å². The average molecular weight is 455 g/mol. The van der Waals surface area contributed by atoms with Gasteiger partial charge in [-0.1, -0.05) is 15.9 Å². The molecule has 9 heteroatoms. The third-order valence-corrected chi connectivity index (χ3v) is 4.26. The van der Waals surface area contributed by atoms with Gasteiger partial charge >= 0.3 is 18.2 Å². The van der Waals surface area contributed by atoms with Crippen LogP contribution in [0.15, 0.2) is 56.1 Å². The number of benzene rings is 2. The summed E-state index contributed by atoms with van der Waals surface area (Å²) in [5.41, 5.74) is 0.320. The van der Waals surface area contributed by atoms with Crippen molar-refractivity contribution >= 4 is 32.9 Å². The molecule has 6 nitrogen and oxygen atoms in total. The van der Waals surface area contributed by atoms with Crippen LogP contribution in [-0.2, 0) is 11.3 Å². The van der Waals surface area contributed by atoms with Crippen molar-refractivity contribution in [2.75, 3.05) is 7.11 Å². The summed E-state index contributed by atoms with van der Waals surface area (Å²) in [6.45, 7) is -3.20. The number of ether oxygens (including phenoxy) is 3. The SMILES string of the molecule is COc1cc(C(=O)OCc2cc(=O)oc3cc(Br)ccc23)ccc1OC(F)F. The second-order valence-corrected chi connectivity index (χ2v) is 6.47. The van der Waals surface area contributed by atoms with Gasteiger partial charge in [0.15, 0.2) is 11.5 Å². The maximum atomic E-state index is 12.4. The molecule has 2 aromatic carbocycles. The number of methoxy groups -OCH3 is 1. The number of carbonyl (C=O) groups excluding carboxylic acids is 1. The van der Waals surface area contributed by atoms with E-state index in [0.29, 0.717) is 16.5 Å². The van der Waals surface area contributed by atoms with Crippen LogP contribution in [0, 0.1) is 0 Å². The molecule has 0 bridgehead atoms. The molecule has 3 aromatic rings. The minimum atomic E-state index is -3.02. The number of halogens is 3. The van der Waals surface area contributed by atoms with Gasteiger partial charge in [0.2, 0.25) is 0 Å². The van der Waals surface area contributed by atoms with Gasteiger partial charge in [0, 0.05) is 21.5 Å². The summed E-state index contributed by atoms with van der Waals surface area (Å²) in [6, 6.07) is 10.1. The molecule has 0 radical (unpaired) electrons. The molecule has 0 saturated carbocycles. The van der Waals surface area contributed by atoms with Crippen molar-refractivity contribution in [3.05, 3.63) is 68.5 Å². The number of hydrogen-bond donors (Lipinski definition) is 0. The van der Waals surface area contributed by atoms with Crippen molar-refractivity contribution in [2.45, 2.75) is 13.2 Å². The summed E-state index contributed by atoms with van der Waals surface area (Å²) in [4.78, 5) is 24.0. The summed E-state index contributed by atoms with van der Waals surface area (Å²) in [6.07, 6.45) is 0. The van der Waals surface area contributed by atoms with Gasteiger partial charge in [0.05, 0.1) is 12.7 Å². The number of rotatable bonds is 6. The Labute approximate surface area is 165 Å². The van der Waals surface area contributed by atoms with E-state index < -0.39 is 18.2 Å². The van der Waals surface area contributed by atoms with Crippen molar-refractivity contribution in [2.24, 2.45) is 0 Å². The number of fused-ring (bicyclic) bond motifs is 1. The fourth-order valence-corrected chi connectivity index (χ4v) is 2.88. The van der Waals surface area contributed by atoms with E-state index >= 15 is 0 Å². The molecule has 1 heterocycles. The molecular formula is C19H13BrF2O6. The first-order valence-electron chi connectivity index (χ1n) is 7.89. The van der Waals surface area contributed by atoms with Crippen molar-refractivity contribution in [3.8, 4) is 11.5 Å². The largest absolute Gasteiger partial charge is 0.493 e. The Morgan fingerprint density at radius 3 is 2.64 bits per heavy atom. The summed E-state index contributed by atoms with van der Waals surface area (Å²) >= 11 is 3.29. The Morgan fingerprint density at radius 1 is 1.14 bits per heavy atom. The number of alkyl halides is 2. The quantitative estimate of drug-likeness (QED) is 0.402. The van der Waals surface area contributed by atoms with Gasteiger partial charge in [0.25, 0.3) is 0 Å². The summed E-state index contributed by atoms with van der Waals surface area (Å²) < 4.78 is 45.2. The lowest BCUT2D eigenvalue weighted by molar-refractivity contribution is -0.0512. The van der Waals surface area contributed by atoms with Crippen LogP contribution in [0.3, 0.4) is 0 Å². The van der Waals surface area contributed by atoms with Gasteiger partial charge in [-0.2, -0.15) is 8.78 Å². The first kappa shape index (κ1) is 19.8. The zero-order valence-electron chi connectivity index (χ0n) is 14.4. The maximum absolute atomic E-state index is 12.4. The van der Waals surface area contributed by atoms with Gasteiger partial charge in [-0.05, 0) is 36.4 Å². The van der Waals surface area contributed by atoms with E-state index in [-0.39, 0.29) is 23.7 Å². The van der Waals surface area contributed by atoms with Crippen LogP contribution >= 0.6 is 15.9 Å². The van der Waals surface area contributed by atoms with Crippen LogP contribution in [0.5, 0.6) is 11.5 Å². The summed E-state index contributed by atoms with van der Waals surface area (Å²) in [5.74, 6) is -0.961. The van der Waals surface area contributed by atoms with E-state index in [4.69, 9.17) is 13.9 Å². The van der Waals surface area contributed by atoms with Crippen LogP contribution in [-0.4, -0.2) is 19.7 Å². The second-order valence-electron chi connectivity index (χ2n) is 5.55. The third kappa shape index (κ3) is 4.48. The van der Waals surface area contributed by atoms with Crippen LogP contribution < -0.4 is 15.1 Å². The van der Waals surface area contributed by atoms with Crippen molar-refractivity contribution in [1.29, 1.82) is 0 Å². The minimum Gasteiger partial charge on any atom is -0.493 e. The molecule has 0 aliphatic heterocycles. The number of hydrogen-bond acceptors (Lipinski definition) is 6.